The van der Waals surface area contributed by atoms with Crippen molar-refractivity contribution >= 4 is 37.5 Å². The number of hydrogen-bond donors (Lipinski definition) is 2. The van der Waals surface area contributed by atoms with Crippen molar-refractivity contribution in [2.45, 2.75) is 37.0 Å². The van der Waals surface area contributed by atoms with E-state index in [4.69, 9.17) is 0 Å². The molecular weight excluding hydrogens is 636 g/mol. The maximum Gasteiger partial charge on any atom is 0.433 e. The molecule has 0 bridgehead atoms. The minimum absolute atomic E-state index is 0.0298. The van der Waals surface area contributed by atoms with E-state index in [-0.39, 0.29) is 28.3 Å². The summed E-state index contributed by atoms with van der Waals surface area (Å²) in [6, 6.07) is 20.6. The number of pyridine rings is 1. The molecule has 0 aliphatic carbocycles. The van der Waals surface area contributed by atoms with E-state index in [2.05, 4.69) is 10.3 Å². The van der Waals surface area contributed by atoms with Crippen LogP contribution in [0.25, 0.3) is 0 Å². The molecule has 0 saturated carbocycles. The Morgan fingerprint density at radius 2 is 1.53 bits per heavy atom. The third-order valence-corrected chi connectivity index (χ3v) is 8.96. The smallest absolute Gasteiger partial charge is 0.351 e. The maximum absolute atomic E-state index is 14.5. The van der Waals surface area contributed by atoms with E-state index in [1.165, 1.54) is 37.3 Å². The number of carbonyl (C=O) groups is 1. The third-order valence-electron chi connectivity index (χ3n) is 6.62. The normalized spacial score (nSPS) is 12.8. The van der Waals surface area contributed by atoms with E-state index < -0.39 is 61.9 Å². The molecule has 0 radical (unpaired) electrons. The summed E-state index contributed by atoms with van der Waals surface area (Å²) in [5, 5.41) is 2.56. The fourth-order valence-electron chi connectivity index (χ4n) is 4.30. The molecule has 238 valence electrons. The Bertz CT molecular complexity index is 1890. The average molecular weight is 665 g/mol. The summed E-state index contributed by atoms with van der Waals surface area (Å²) in [6.45, 7) is 0.660. The number of carbonyl (C=O) groups excluding carboxylic acids is 1. The van der Waals surface area contributed by atoms with Crippen molar-refractivity contribution in [2.24, 2.45) is 0 Å². The van der Waals surface area contributed by atoms with Gasteiger partial charge in [-0.2, -0.15) is 13.2 Å². The molecule has 1 amide bonds. The van der Waals surface area contributed by atoms with Crippen LogP contribution in [0.2, 0.25) is 0 Å². The minimum Gasteiger partial charge on any atom is -0.351 e. The van der Waals surface area contributed by atoms with E-state index >= 15 is 0 Å². The van der Waals surface area contributed by atoms with Gasteiger partial charge in [0.15, 0.2) is 0 Å². The highest BCUT2D eigenvalue weighted by atomic mass is 32.2. The SMILES string of the molecule is CC(C(=O)NCc1ccc(C(F)(F)F)nc1N(Cc1ccccc1)S(=O)(=O)c1ccccc1)c1ccc(NS(C)(=O)=O)c(F)c1. The van der Waals surface area contributed by atoms with Crippen LogP contribution in [-0.4, -0.2) is 34.0 Å². The molecule has 0 aliphatic heterocycles. The minimum atomic E-state index is -4.90. The van der Waals surface area contributed by atoms with Crippen molar-refractivity contribution < 1.29 is 39.2 Å². The van der Waals surface area contributed by atoms with Crippen LogP contribution in [0.3, 0.4) is 0 Å². The molecule has 9 nitrogen and oxygen atoms in total. The van der Waals surface area contributed by atoms with Gasteiger partial charge >= 0.3 is 6.18 Å². The van der Waals surface area contributed by atoms with Crippen molar-refractivity contribution in [3.63, 3.8) is 0 Å². The fraction of sp³-hybridized carbons (Fsp3) is 0.200. The van der Waals surface area contributed by atoms with Gasteiger partial charge in [-0.25, -0.2) is 30.5 Å². The molecule has 0 spiro atoms. The van der Waals surface area contributed by atoms with Crippen molar-refractivity contribution in [3.8, 4) is 0 Å². The number of benzene rings is 3. The number of alkyl halides is 3. The largest absolute Gasteiger partial charge is 0.433 e. The molecule has 1 aromatic heterocycles. The quantitative estimate of drug-likeness (QED) is 0.206. The first kappa shape index (κ1) is 33.4. The van der Waals surface area contributed by atoms with Gasteiger partial charge in [0, 0.05) is 12.1 Å². The van der Waals surface area contributed by atoms with Gasteiger partial charge in [-0.15, -0.1) is 0 Å². The van der Waals surface area contributed by atoms with Crippen molar-refractivity contribution in [3.05, 3.63) is 119 Å². The van der Waals surface area contributed by atoms with Crippen LogP contribution < -0.4 is 14.3 Å². The number of rotatable bonds is 11. The first-order chi connectivity index (χ1) is 21.1. The highest BCUT2D eigenvalue weighted by Gasteiger charge is 2.36. The van der Waals surface area contributed by atoms with Crippen LogP contribution in [0.1, 0.15) is 35.2 Å². The summed E-state index contributed by atoms with van der Waals surface area (Å²) in [6.07, 6.45) is -4.05. The van der Waals surface area contributed by atoms with Gasteiger partial charge in [0.1, 0.15) is 17.3 Å². The van der Waals surface area contributed by atoms with Crippen molar-refractivity contribution in [2.75, 3.05) is 15.3 Å². The predicted molar refractivity (Wildman–Crippen MR) is 161 cm³/mol. The highest BCUT2D eigenvalue weighted by molar-refractivity contribution is 7.92. The second-order valence-corrected chi connectivity index (χ2v) is 13.7. The van der Waals surface area contributed by atoms with E-state index in [9.17, 15) is 39.2 Å². The molecule has 45 heavy (non-hydrogen) atoms. The van der Waals surface area contributed by atoms with Crippen molar-refractivity contribution in [1.82, 2.24) is 10.3 Å². The number of nitrogens with one attached hydrogen (secondary N) is 2. The van der Waals surface area contributed by atoms with Crippen LogP contribution >= 0.6 is 0 Å². The average Bonchev–Trinajstić information content (AvgIpc) is 2.99. The number of hydrogen-bond acceptors (Lipinski definition) is 6. The lowest BCUT2D eigenvalue weighted by atomic mass is 9.99. The zero-order chi connectivity index (χ0) is 33.0. The van der Waals surface area contributed by atoms with Crippen molar-refractivity contribution in [1.29, 1.82) is 0 Å². The lowest BCUT2D eigenvalue weighted by molar-refractivity contribution is -0.141. The van der Waals surface area contributed by atoms with Gasteiger partial charge in [0.2, 0.25) is 15.9 Å². The van der Waals surface area contributed by atoms with Crippen LogP contribution in [-0.2, 0) is 44.1 Å². The Morgan fingerprint density at radius 3 is 2.11 bits per heavy atom. The number of amides is 1. The summed E-state index contributed by atoms with van der Waals surface area (Å²) in [5.41, 5.74) is -1.02. The van der Waals surface area contributed by atoms with Gasteiger partial charge < -0.3 is 5.32 Å². The number of halogens is 4. The summed E-state index contributed by atoms with van der Waals surface area (Å²) >= 11 is 0. The van der Waals surface area contributed by atoms with Gasteiger partial charge in [0.25, 0.3) is 10.0 Å². The van der Waals surface area contributed by atoms with E-state index in [1.54, 1.807) is 36.4 Å². The Balaban J connectivity index is 1.70. The Kier molecular flexibility index (Phi) is 9.83. The monoisotopic (exact) mass is 664 g/mol. The second-order valence-electron chi connectivity index (χ2n) is 10.0. The molecular formula is C30H28F4N4O5S2. The molecule has 3 aromatic carbocycles. The van der Waals surface area contributed by atoms with Gasteiger partial charge in [-0.05, 0) is 48.4 Å². The van der Waals surface area contributed by atoms with E-state index in [1.807, 2.05) is 4.72 Å². The van der Waals surface area contributed by atoms with Crippen LogP contribution in [0, 0.1) is 5.82 Å². The topological polar surface area (TPSA) is 126 Å². The first-order valence-electron chi connectivity index (χ1n) is 13.3. The van der Waals surface area contributed by atoms with E-state index in [0.717, 1.165) is 28.8 Å². The zero-order valence-electron chi connectivity index (χ0n) is 23.9. The molecule has 2 N–H and O–H groups in total. The lowest BCUT2D eigenvalue weighted by Crippen LogP contribution is -2.34. The van der Waals surface area contributed by atoms with E-state index in [0.29, 0.717) is 11.6 Å². The van der Waals surface area contributed by atoms with Crippen LogP contribution in [0.4, 0.5) is 29.1 Å². The number of nitrogens with zero attached hydrogens (tertiary/aromatic N) is 2. The van der Waals surface area contributed by atoms with Gasteiger partial charge in [-0.1, -0.05) is 60.7 Å². The number of sulfonamides is 2. The van der Waals surface area contributed by atoms with Crippen LogP contribution in [0.5, 0.6) is 0 Å². The van der Waals surface area contributed by atoms with Gasteiger partial charge in [-0.3, -0.25) is 9.52 Å². The molecule has 4 aromatic rings. The lowest BCUT2D eigenvalue weighted by Gasteiger charge is -2.27. The Morgan fingerprint density at radius 1 is 0.911 bits per heavy atom. The molecule has 1 atom stereocenters. The molecule has 0 aliphatic rings. The second kappa shape index (κ2) is 13.2. The first-order valence-corrected chi connectivity index (χ1v) is 16.6. The van der Waals surface area contributed by atoms with Gasteiger partial charge in [0.05, 0.1) is 29.3 Å². The molecule has 1 unspecified atom stereocenters. The molecule has 0 fully saturated rings. The third kappa shape index (κ3) is 8.36. The zero-order valence-corrected chi connectivity index (χ0v) is 25.5. The number of aromatic nitrogens is 1. The number of anilines is 2. The summed E-state index contributed by atoms with van der Waals surface area (Å²) in [5.74, 6) is -3.10. The molecule has 0 saturated heterocycles. The Hall–Kier alpha value is -4.50. The molecule has 4 rings (SSSR count). The summed E-state index contributed by atoms with van der Waals surface area (Å²) in [7, 11) is -8.21. The fourth-order valence-corrected chi connectivity index (χ4v) is 6.33. The molecule has 15 heteroatoms. The summed E-state index contributed by atoms with van der Waals surface area (Å²) in [4.78, 5) is 16.6. The molecule has 1 heterocycles. The maximum atomic E-state index is 14.5. The van der Waals surface area contributed by atoms with Crippen LogP contribution in [0.15, 0.2) is 95.9 Å². The summed E-state index contributed by atoms with van der Waals surface area (Å²) < 4.78 is 109. The highest BCUT2D eigenvalue weighted by Crippen LogP contribution is 2.34. The standard InChI is InChI=1S/C30H28F4N4O5S2/c1-20(22-13-15-26(25(31)17-22)37-44(2,40)41)29(39)35-18-23-14-16-27(30(32,33)34)36-28(23)38(19-21-9-5-3-6-10-21)45(42,43)24-11-7-4-8-12-24/h3-17,20,37H,18-19H2,1-2H3,(H,35,39). The Labute approximate surface area is 258 Å². The predicted octanol–water partition coefficient (Wildman–Crippen LogP) is 5.43.